The number of aryl methyl sites for hydroxylation is 1. The lowest BCUT2D eigenvalue weighted by Gasteiger charge is -2.23. The number of aromatic nitrogens is 5. The van der Waals surface area contributed by atoms with Crippen molar-refractivity contribution < 1.29 is 9.13 Å². The van der Waals surface area contributed by atoms with Gasteiger partial charge in [-0.1, -0.05) is 24.3 Å². The van der Waals surface area contributed by atoms with Gasteiger partial charge in [0.2, 0.25) is 5.88 Å². The van der Waals surface area contributed by atoms with Gasteiger partial charge in [0.15, 0.2) is 0 Å². The lowest BCUT2D eigenvalue weighted by atomic mass is 10.1. The zero-order valence-electron chi connectivity index (χ0n) is 20.9. The molecule has 2 aromatic carbocycles. The molecule has 3 aromatic heterocycles. The Morgan fingerprint density at radius 2 is 1.84 bits per heavy atom. The maximum Gasteiger partial charge on any atom is 0.233 e. The van der Waals surface area contributed by atoms with Gasteiger partial charge >= 0.3 is 0 Å². The van der Waals surface area contributed by atoms with Crippen LogP contribution in [-0.4, -0.2) is 37.1 Å². The standard InChI is InChI=1S/C28H28FN7O/c1-17-7-6-10-22(33-17)27-26(35-24(36-27)14-31-20-9-5-4-8-19(20)29)18-11-12-21-23(13-18)34-25(15-32-21)37-28(2,3)16-30/h4-13,15,31H,14,16,30H2,1-3H3,(H,35,36). The maximum absolute atomic E-state index is 14.1. The number of hydrogen-bond donors (Lipinski definition) is 3. The van der Waals surface area contributed by atoms with Gasteiger partial charge in [0.05, 0.1) is 40.9 Å². The summed E-state index contributed by atoms with van der Waals surface area (Å²) in [5, 5.41) is 3.11. The predicted molar refractivity (Wildman–Crippen MR) is 143 cm³/mol. The average Bonchev–Trinajstić information content (AvgIpc) is 3.32. The van der Waals surface area contributed by atoms with Crippen LogP contribution in [0.3, 0.4) is 0 Å². The van der Waals surface area contributed by atoms with Crippen LogP contribution in [0.5, 0.6) is 5.88 Å². The predicted octanol–water partition coefficient (Wildman–Crippen LogP) is 5.26. The summed E-state index contributed by atoms with van der Waals surface area (Å²) in [5.41, 5.74) is 11.0. The highest BCUT2D eigenvalue weighted by Gasteiger charge is 2.20. The van der Waals surface area contributed by atoms with Crippen molar-refractivity contribution in [2.24, 2.45) is 5.73 Å². The Bertz CT molecular complexity index is 1560. The summed E-state index contributed by atoms with van der Waals surface area (Å²) >= 11 is 0. The minimum atomic E-state index is -0.562. The third-order valence-corrected chi connectivity index (χ3v) is 5.89. The molecule has 0 radical (unpaired) electrons. The SMILES string of the molecule is Cc1cccc(-c2nc(CNc3ccccc3F)[nH]c2-c2ccc3ncc(OC(C)(C)CN)nc3c2)n1. The van der Waals surface area contributed by atoms with Crippen LogP contribution in [0.4, 0.5) is 10.1 Å². The first-order valence-corrected chi connectivity index (χ1v) is 12.0. The number of para-hydroxylation sites is 1. The van der Waals surface area contributed by atoms with E-state index < -0.39 is 5.60 Å². The number of imidazole rings is 1. The van der Waals surface area contributed by atoms with E-state index in [1.54, 1.807) is 24.4 Å². The number of benzene rings is 2. The van der Waals surface area contributed by atoms with E-state index in [-0.39, 0.29) is 5.82 Å². The molecular weight excluding hydrogens is 469 g/mol. The molecule has 5 aromatic rings. The summed E-state index contributed by atoms with van der Waals surface area (Å²) in [4.78, 5) is 22.1. The zero-order chi connectivity index (χ0) is 26.0. The van der Waals surface area contributed by atoms with E-state index in [9.17, 15) is 4.39 Å². The van der Waals surface area contributed by atoms with Gasteiger partial charge in [0, 0.05) is 17.8 Å². The van der Waals surface area contributed by atoms with E-state index in [2.05, 4.69) is 25.3 Å². The Labute approximate surface area is 214 Å². The van der Waals surface area contributed by atoms with Crippen LogP contribution >= 0.6 is 0 Å². The van der Waals surface area contributed by atoms with Crippen molar-refractivity contribution in [3.8, 4) is 28.5 Å². The fourth-order valence-electron chi connectivity index (χ4n) is 3.88. The molecule has 188 valence electrons. The number of nitrogens with one attached hydrogen (secondary N) is 2. The Hall–Kier alpha value is -4.37. The lowest BCUT2D eigenvalue weighted by Crippen LogP contribution is -2.37. The highest BCUT2D eigenvalue weighted by Crippen LogP contribution is 2.31. The molecule has 3 heterocycles. The smallest absolute Gasteiger partial charge is 0.233 e. The number of rotatable bonds is 8. The van der Waals surface area contributed by atoms with E-state index in [0.29, 0.717) is 41.7 Å². The van der Waals surface area contributed by atoms with Crippen molar-refractivity contribution in [3.05, 3.63) is 84.2 Å². The minimum absolute atomic E-state index is 0.305. The molecule has 0 saturated carbocycles. The minimum Gasteiger partial charge on any atom is -0.469 e. The van der Waals surface area contributed by atoms with Crippen LogP contribution in [0.2, 0.25) is 0 Å². The number of anilines is 1. The molecule has 0 aliphatic carbocycles. The van der Waals surface area contributed by atoms with Crippen molar-refractivity contribution in [3.63, 3.8) is 0 Å². The normalized spacial score (nSPS) is 11.6. The van der Waals surface area contributed by atoms with Crippen molar-refractivity contribution in [2.45, 2.75) is 32.9 Å². The summed E-state index contributed by atoms with van der Waals surface area (Å²) in [6.07, 6.45) is 1.60. The Kier molecular flexibility index (Phi) is 6.54. The monoisotopic (exact) mass is 497 g/mol. The average molecular weight is 498 g/mol. The summed E-state index contributed by atoms with van der Waals surface area (Å²) in [6, 6.07) is 18.1. The second kappa shape index (κ2) is 9.94. The van der Waals surface area contributed by atoms with E-state index in [0.717, 1.165) is 28.2 Å². The molecular formula is C28H28FN7O. The van der Waals surface area contributed by atoms with Gasteiger partial charge in [-0.05, 0) is 57.2 Å². The third-order valence-electron chi connectivity index (χ3n) is 5.89. The van der Waals surface area contributed by atoms with Gasteiger partial charge in [-0.15, -0.1) is 0 Å². The van der Waals surface area contributed by atoms with E-state index in [4.69, 9.17) is 15.5 Å². The van der Waals surface area contributed by atoms with Gasteiger partial charge in [-0.2, -0.15) is 0 Å². The van der Waals surface area contributed by atoms with Gasteiger partial charge < -0.3 is 20.8 Å². The second-order valence-electron chi connectivity index (χ2n) is 9.38. The van der Waals surface area contributed by atoms with Crippen LogP contribution in [0.15, 0.2) is 66.9 Å². The first-order valence-electron chi connectivity index (χ1n) is 12.0. The number of hydrogen-bond acceptors (Lipinski definition) is 7. The fraction of sp³-hybridized carbons (Fsp3) is 0.214. The molecule has 8 nitrogen and oxygen atoms in total. The summed E-state index contributed by atoms with van der Waals surface area (Å²) in [7, 11) is 0. The Morgan fingerprint density at radius 1 is 1.00 bits per heavy atom. The topological polar surface area (TPSA) is 115 Å². The van der Waals surface area contributed by atoms with Crippen LogP contribution < -0.4 is 15.8 Å². The number of aromatic amines is 1. The maximum atomic E-state index is 14.1. The largest absolute Gasteiger partial charge is 0.469 e. The lowest BCUT2D eigenvalue weighted by molar-refractivity contribution is 0.112. The Morgan fingerprint density at radius 3 is 2.62 bits per heavy atom. The molecule has 0 bridgehead atoms. The first-order chi connectivity index (χ1) is 17.8. The number of fused-ring (bicyclic) bond motifs is 1. The third kappa shape index (κ3) is 5.41. The summed E-state index contributed by atoms with van der Waals surface area (Å²) in [6.45, 7) is 6.39. The highest BCUT2D eigenvalue weighted by molar-refractivity contribution is 5.85. The molecule has 37 heavy (non-hydrogen) atoms. The summed E-state index contributed by atoms with van der Waals surface area (Å²) in [5.74, 6) is 0.725. The molecule has 4 N–H and O–H groups in total. The molecule has 0 saturated heterocycles. The molecule has 0 unspecified atom stereocenters. The number of nitrogens with zero attached hydrogens (tertiary/aromatic N) is 4. The molecule has 0 fully saturated rings. The number of H-pyrrole nitrogens is 1. The molecule has 0 aliphatic heterocycles. The number of nitrogens with two attached hydrogens (primary N) is 1. The molecule has 5 rings (SSSR count). The number of halogens is 1. The molecule has 0 spiro atoms. The molecule has 0 amide bonds. The van der Waals surface area contributed by atoms with E-state index in [1.807, 2.05) is 57.2 Å². The van der Waals surface area contributed by atoms with Crippen LogP contribution in [0.25, 0.3) is 33.7 Å². The van der Waals surface area contributed by atoms with Gasteiger partial charge in [0.1, 0.15) is 22.9 Å². The second-order valence-corrected chi connectivity index (χ2v) is 9.38. The molecule has 0 atom stereocenters. The number of ether oxygens (including phenoxy) is 1. The molecule has 0 aliphatic rings. The highest BCUT2D eigenvalue weighted by atomic mass is 19.1. The van der Waals surface area contributed by atoms with Crippen molar-refractivity contribution >= 4 is 16.7 Å². The zero-order valence-corrected chi connectivity index (χ0v) is 20.9. The van der Waals surface area contributed by atoms with Crippen LogP contribution in [-0.2, 0) is 6.54 Å². The Balaban J connectivity index is 1.54. The molecule has 9 heteroatoms. The van der Waals surface area contributed by atoms with Gasteiger partial charge in [-0.3, -0.25) is 4.98 Å². The van der Waals surface area contributed by atoms with E-state index in [1.165, 1.54) is 6.07 Å². The van der Waals surface area contributed by atoms with E-state index >= 15 is 0 Å². The van der Waals surface area contributed by atoms with Gasteiger partial charge in [-0.25, -0.2) is 19.3 Å². The van der Waals surface area contributed by atoms with Crippen molar-refractivity contribution in [1.29, 1.82) is 0 Å². The first kappa shape index (κ1) is 24.3. The van der Waals surface area contributed by atoms with Gasteiger partial charge in [0.25, 0.3) is 0 Å². The number of pyridine rings is 1. The van der Waals surface area contributed by atoms with Crippen molar-refractivity contribution in [1.82, 2.24) is 24.9 Å². The van der Waals surface area contributed by atoms with Crippen molar-refractivity contribution in [2.75, 3.05) is 11.9 Å². The summed E-state index contributed by atoms with van der Waals surface area (Å²) < 4.78 is 20.1. The quantitative estimate of drug-likeness (QED) is 0.268. The van der Waals surface area contributed by atoms with Crippen LogP contribution in [0, 0.1) is 12.7 Å². The fourth-order valence-corrected chi connectivity index (χ4v) is 3.88. The van der Waals surface area contributed by atoms with Crippen LogP contribution in [0.1, 0.15) is 25.4 Å².